The standard InChI is InChI=1S/C23H33NO3/c1-15-14-20(17(3)21(26-8)16(15)2)23(25,22(4,5)27-9)18-10-12-19(13-11-18)24(6)7/h10-14,25H,1-9H3. The van der Waals surface area contributed by atoms with Gasteiger partial charge in [-0.05, 0) is 74.6 Å². The summed E-state index contributed by atoms with van der Waals surface area (Å²) in [6.07, 6.45) is 0. The summed E-state index contributed by atoms with van der Waals surface area (Å²) in [5, 5.41) is 12.1. The third kappa shape index (κ3) is 3.44. The lowest BCUT2D eigenvalue weighted by Gasteiger charge is -2.43. The van der Waals surface area contributed by atoms with Gasteiger partial charge in [-0.1, -0.05) is 18.2 Å². The van der Waals surface area contributed by atoms with E-state index in [2.05, 4.69) is 0 Å². The van der Waals surface area contributed by atoms with Crippen LogP contribution in [0.1, 0.15) is 41.7 Å². The van der Waals surface area contributed by atoms with Crippen LogP contribution in [0.4, 0.5) is 5.69 Å². The van der Waals surface area contributed by atoms with Gasteiger partial charge in [0.1, 0.15) is 11.4 Å². The molecular formula is C23H33NO3. The van der Waals surface area contributed by atoms with E-state index in [1.165, 1.54) is 0 Å². The van der Waals surface area contributed by atoms with Crippen LogP contribution in [0.2, 0.25) is 0 Å². The molecule has 0 radical (unpaired) electrons. The van der Waals surface area contributed by atoms with Gasteiger partial charge >= 0.3 is 0 Å². The maximum atomic E-state index is 12.1. The summed E-state index contributed by atoms with van der Waals surface area (Å²) in [7, 11) is 7.30. The molecule has 0 amide bonds. The highest BCUT2D eigenvalue weighted by Crippen LogP contribution is 2.45. The van der Waals surface area contributed by atoms with Crippen molar-refractivity contribution in [3.63, 3.8) is 0 Å². The van der Waals surface area contributed by atoms with Crippen molar-refractivity contribution in [1.82, 2.24) is 0 Å². The zero-order valence-electron chi connectivity index (χ0n) is 18.1. The second kappa shape index (κ2) is 7.53. The van der Waals surface area contributed by atoms with Crippen LogP contribution in [0.15, 0.2) is 30.3 Å². The highest BCUT2D eigenvalue weighted by atomic mass is 16.5. The van der Waals surface area contributed by atoms with Gasteiger partial charge in [-0.3, -0.25) is 0 Å². The Balaban J connectivity index is 2.82. The van der Waals surface area contributed by atoms with Gasteiger partial charge in [-0.15, -0.1) is 0 Å². The van der Waals surface area contributed by atoms with Gasteiger partial charge in [0.15, 0.2) is 0 Å². The molecule has 0 fully saturated rings. The molecule has 0 spiro atoms. The van der Waals surface area contributed by atoms with Crippen LogP contribution >= 0.6 is 0 Å². The molecule has 2 aromatic carbocycles. The third-order valence-electron chi connectivity index (χ3n) is 5.81. The average Bonchev–Trinajstić information content (AvgIpc) is 2.64. The fraction of sp³-hybridized carbons (Fsp3) is 0.478. The highest BCUT2D eigenvalue weighted by molar-refractivity contribution is 5.56. The Hall–Kier alpha value is -2.04. The number of benzene rings is 2. The summed E-state index contributed by atoms with van der Waals surface area (Å²) in [5.41, 5.74) is 3.53. The number of hydrogen-bond acceptors (Lipinski definition) is 4. The van der Waals surface area contributed by atoms with Gasteiger partial charge in [0, 0.05) is 26.9 Å². The van der Waals surface area contributed by atoms with E-state index >= 15 is 0 Å². The number of rotatable bonds is 6. The predicted molar refractivity (Wildman–Crippen MR) is 112 cm³/mol. The van der Waals surface area contributed by atoms with E-state index in [9.17, 15) is 5.11 Å². The Morgan fingerprint density at radius 2 is 1.48 bits per heavy atom. The molecular weight excluding hydrogens is 338 g/mol. The summed E-state index contributed by atoms with van der Waals surface area (Å²) in [5.74, 6) is 0.806. The Morgan fingerprint density at radius 3 is 1.93 bits per heavy atom. The summed E-state index contributed by atoms with van der Waals surface area (Å²) in [6, 6.07) is 10.0. The largest absolute Gasteiger partial charge is 0.496 e. The molecule has 0 saturated heterocycles. The van der Waals surface area contributed by atoms with Crippen LogP contribution in [-0.2, 0) is 10.3 Å². The first kappa shape index (κ1) is 21.3. The Labute approximate surface area is 163 Å². The van der Waals surface area contributed by atoms with Crippen LogP contribution in [0.25, 0.3) is 0 Å². The monoisotopic (exact) mass is 371 g/mol. The molecule has 0 heterocycles. The molecule has 4 nitrogen and oxygen atoms in total. The van der Waals surface area contributed by atoms with Gasteiger partial charge < -0.3 is 19.5 Å². The fourth-order valence-corrected chi connectivity index (χ4v) is 3.67. The minimum absolute atomic E-state index is 0.786. The normalized spacial score (nSPS) is 14.0. The van der Waals surface area contributed by atoms with Crippen molar-refractivity contribution in [2.45, 2.75) is 45.8 Å². The molecule has 1 unspecified atom stereocenters. The molecule has 0 saturated carbocycles. The van der Waals surface area contributed by atoms with Crippen molar-refractivity contribution in [2.75, 3.05) is 33.2 Å². The summed E-state index contributed by atoms with van der Waals surface area (Å²) < 4.78 is 11.5. The first-order chi connectivity index (χ1) is 12.5. The van der Waals surface area contributed by atoms with Gasteiger partial charge in [0.25, 0.3) is 0 Å². The second-order valence-electron chi connectivity index (χ2n) is 7.89. The molecule has 4 heteroatoms. The van der Waals surface area contributed by atoms with E-state index in [4.69, 9.17) is 9.47 Å². The predicted octanol–water partition coefficient (Wildman–Crippen LogP) is 4.35. The van der Waals surface area contributed by atoms with Crippen LogP contribution < -0.4 is 9.64 Å². The first-order valence-corrected chi connectivity index (χ1v) is 9.22. The second-order valence-corrected chi connectivity index (χ2v) is 7.89. The quantitative estimate of drug-likeness (QED) is 0.820. The smallest absolute Gasteiger partial charge is 0.143 e. The number of hydrogen-bond donors (Lipinski definition) is 1. The van der Waals surface area contributed by atoms with Crippen molar-refractivity contribution >= 4 is 5.69 Å². The van der Waals surface area contributed by atoms with Crippen LogP contribution in [0, 0.1) is 20.8 Å². The van der Waals surface area contributed by atoms with E-state index in [1.807, 2.05) is 83.9 Å². The summed E-state index contributed by atoms with van der Waals surface area (Å²) in [4.78, 5) is 2.04. The van der Waals surface area contributed by atoms with E-state index in [0.717, 1.165) is 39.3 Å². The number of anilines is 1. The van der Waals surface area contributed by atoms with Gasteiger partial charge in [-0.25, -0.2) is 0 Å². The minimum atomic E-state index is -1.34. The third-order valence-corrected chi connectivity index (χ3v) is 5.81. The topological polar surface area (TPSA) is 41.9 Å². The summed E-state index contributed by atoms with van der Waals surface area (Å²) in [6.45, 7) is 9.89. The van der Waals surface area contributed by atoms with E-state index < -0.39 is 11.2 Å². The van der Waals surface area contributed by atoms with E-state index in [0.29, 0.717) is 0 Å². The Morgan fingerprint density at radius 1 is 0.926 bits per heavy atom. The SMILES string of the molecule is COc1c(C)c(C)cc(C(O)(c2ccc(N(C)C)cc2)C(C)(C)OC)c1C. The molecule has 0 aliphatic carbocycles. The number of ether oxygens (including phenoxy) is 2. The molecule has 1 N–H and O–H groups in total. The van der Waals surface area contributed by atoms with Crippen molar-refractivity contribution in [2.24, 2.45) is 0 Å². The zero-order valence-corrected chi connectivity index (χ0v) is 18.1. The van der Waals surface area contributed by atoms with Gasteiger partial charge in [0.2, 0.25) is 0 Å². The molecule has 27 heavy (non-hydrogen) atoms. The first-order valence-electron chi connectivity index (χ1n) is 9.22. The molecule has 0 bridgehead atoms. The molecule has 0 aromatic heterocycles. The Kier molecular flexibility index (Phi) is 5.93. The number of methoxy groups -OCH3 is 2. The maximum absolute atomic E-state index is 12.1. The molecule has 0 aliphatic rings. The lowest BCUT2D eigenvalue weighted by atomic mass is 9.72. The molecule has 148 valence electrons. The average molecular weight is 372 g/mol. The van der Waals surface area contributed by atoms with Crippen molar-refractivity contribution in [1.29, 1.82) is 0 Å². The number of nitrogens with zero attached hydrogens (tertiary/aromatic N) is 1. The zero-order chi connectivity index (χ0) is 20.6. The van der Waals surface area contributed by atoms with Crippen molar-refractivity contribution < 1.29 is 14.6 Å². The van der Waals surface area contributed by atoms with Crippen molar-refractivity contribution in [3.8, 4) is 5.75 Å². The van der Waals surface area contributed by atoms with Gasteiger partial charge in [-0.2, -0.15) is 0 Å². The van der Waals surface area contributed by atoms with Gasteiger partial charge in [0.05, 0.1) is 12.7 Å². The van der Waals surface area contributed by atoms with Crippen LogP contribution in [-0.4, -0.2) is 39.0 Å². The number of aliphatic hydroxyl groups is 1. The van der Waals surface area contributed by atoms with E-state index in [1.54, 1.807) is 14.2 Å². The van der Waals surface area contributed by atoms with Crippen molar-refractivity contribution in [3.05, 3.63) is 58.1 Å². The fourth-order valence-electron chi connectivity index (χ4n) is 3.67. The lowest BCUT2D eigenvalue weighted by Crippen LogP contribution is -2.50. The molecule has 2 rings (SSSR count). The number of aryl methyl sites for hydroxylation is 1. The molecule has 2 aromatic rings. The molecule has 1 atom stereocenters. The van der Waals surface area contributed by atoms with Crippen LogP contribution in [0.3, 0.4) is 0 Å². The summed E-state index contributed by atoms with van der Waals surface area (Å²) >= 11 is 0. The Bertz CT molecular complexity index is 809. The molecule has 0 aliphatic heterocycles. The van der Waals surface area contributed by atoms with E-state index in [-0.39, 0.29) is 0 Å². The minimum Gasteiger partial charge on any atom is -0.496 e. The highest BCUT2D eigenvalue weighted by Gasteiger charge is 2.48. The maximum Gasteiger partial charge on any atom is 0.143 e. The lowest BCUT2D eigenvalue weighted by molar-refractivity contribution is -0.132. The van der Waals surface area contributed by atoms with Crippen LogP contribution in [0.5, 0.6) is 5.75 Å².